The first kappa shape index (κ1) is 20.5. The lowest BCUT2D eigenvalue weighted by molar-refractivity contribution is -0.127. The molecule has 0 spiro atoms. The maximum Gasteiger partial charge on any atom is 0.325 e. The van der Waals surface area contributed by atoms with E-state index in [4.69, 9.17) is 0 Å². The zero-order valence-corrected chi connectivity index (χ0v) is 17.3. The highest BCUT2D eigenvalue weighted by molar-refractivity contribution is 6.09. The third-order valence-corrected chi connectivity index (χ3v) is 5.52. The summed E-state index contributed by atoms with van der Waals surface area (Å²) in [6, 6.07) is 16.1. The molecule has 1 saturated heterocycles. The Morgan fingerprint density at radius 1 is 1.03 bits per heavy atom. The molecular formula is C24H22FN3O3. The van der Waals surface area contributed by atoms with Gasteiger partial charge in [-0.1, -0.05) is 42.5 Å². The molecule has 4 rings (SSSR count). The van der Waals surface area contributed by atoms with E-state index in [0.29, 0.717) is 29.1 Å². The van der Waals surface area contributed by atoms with Crippen LogP contribution < -0.4 is 5.32 Å². The van der Waals surface area contributed by atoms with Crippen LogP contribution in [-0.4, -0.2) is 39.8 Å². The number of benzene rings is 2. The minimum atomic E-state index is -0.700. The second kappa shape index (κ2) is 8.18. The monoisotopic (exact) mass is 419 g/mol. The molecular weight excluding hydrogens is 397 g/mol. The van der Waals surface area contributed by atoms with Gasteiger partial charge in [-0.25, -0.2) is 9.18 Å². The number of aromatic nitrogens is 1. The van der Waals surface area contributed by atoms with Gasteiger partial charge in [0.25, 0.3) is 5.91 Å². The third-order valence-electron chi connectivity index (χ3n) is 5.52. The molecule has 31 heavy (non-hydrogen) atoms. The summed E-state index contributed by atoms with van der Waals surface area (Å²) in [6.45, 7) is 3.13. The van der Waals surface area contributed by atoms with Crippen molar-refractivity contribution in [2.24, 2.45) is 0 Å². The second-order valence-corrected chi connectivity index (χ2v) is 7.61. The van der Waals surface area contributed by atoms with Gasteiger partial charge in [0.2, 0.25) is 0 Å². The van der Waals surface area contributed by atoms with Gasteiger partial charge in [-0.3, -0.25) is 14.5 Å². The molecule has 1 N–H and O–H groups in total. The van der Waals surface area contributed by atoms with Crippen molar-refractivity contribution in [2.45, 2.75) is 26.3 Å². The number of imide groups is 1. The number of ketones is 1. The summed E-state index contributed by atoms with van der Waals surface area (Å²) in [5, 5.41) is 2.65. The number of Topliss-reactive ketones (excluding diaryl/α,β-unsaturated/α-hetero) is 1. The topological polar surface area (TPSA) is 71.4 Å². The summed E-state index contributed by atoms with van der Waals surface area (Å²) in [7, 11) is 0. The van der Waals surface area contributed by atoms with Gasteiger partial charge in [0.15, 0.2) is 5.78 Å². The molecule has 1 atom stereocenters. The van der Waals surface area contributed by atoms with E-state index in [-0.39, 0.29) is 12.3 Å². The fraction of sp³-hybridized carbons (Fsp3) is 0.208. The summed E-state index contributed by atoms with van der Waals surface area (Å²) in [4.78, 5) is 39.0. The normalized spacial score (nSPS) is 16.0. The number of nitrogens with zero attached hydrogens (tertiary/aromatic N) is 2. The lowest BCUT2D eigenvalue weighted by Gasteiger charge is -2.13. The first-order chi connectivity index (χ1) is 14.9. The minimum absolute atomic E-state index is 0.342. The molecule has 0 aliphatic carbocycles. The fourth-order valence-electron chi connectivity index (χ4n) is 3.99. The van der Waals surface area contributed by atoms with Crippen LogP contribution in [0.25, 0.3) is 5.69 Å². The van der Waals surface area contributed by atoms with Gasteiger partial charge in [0.05, 0.1) is 12.2 Å². The van der Waals surface area contributed by atoms with Crippen LogP contribution in [0.4, 0.5) is 9.18 Å². The molecule has 2 aromatic carbocycles. The summed E-state index contributed by atoms with van der Waals surface area (Å²) in [6.07, 6.45) is 0.359. The molecule has 3 aromatic rings. The Hall–Kier alpha value is -3.74. The maximum atomic E-state index is 14.3. The smallest absolute Gasteiger partial charge is 0.325 e. The van der Waals surface area contributed by atoms with Crippen LogP contribution in [-0.2, 0) is 11.2 Å². The Bertz CT molecular complexity index is 1170. The van der Waals surface area contributed by atoms with Crippen molar-refractivity contribution in [3.8, 4) is 5.69 Å². The molecule has 1 fully saturated rings. The zero-order valence-electron chi connectivity index (χ0n) is 17.3. The highest BCUT2D eigenvalue weighted by Crippen LogP contribution is 2.24. The van der Waals surface area contributed by atoms with Crippen LogP contribution in [0.5, 0.6) is 0 Å². The van der Waals surface area contributed by atoms with Gasteiger partial charge in [0, 0.05) is 23.4 Å². The van der Waals surface area contributed by atoms with E-state index < -0.39 is 23.8 Å². The minimum Gasteiger partial charge on any atom is -0.325 e. The fourth-order valence-corrected chi connectivity index (χ4v) is 3.99. The number of urea groups is 1. The number of hydrogen-bond donors (Lipinski definition) is 1. The predicted molar refractivity (Wildman–Crippen MR) is 114 cm³/mol. The van der Waals surface area contributed by atoms with E-state index in [1.54, 1.807) is 42.7 Å². The van der Waals surface area contributed by atoms with Crippen LogP contribution in [0.15, 0.2) is 60.7 Å². The van der Waals surface area contributed by atoms with Crippen LogP contribution in [0.2, 0.25) is 0 Å². The van der Waals surface area contributed by atoms with Crippen molar-refractivity contribution >= 4 is 17.7 Å². The van der Waals surface area contributed by atoms with Crippen molar-refractivity contribution in [1.29, 1.82) is 0 Å². The van der Waals surface area contributed by atoms with Crippen molar-refractivity contribution in [1.82, 2.24) is 14.8 Å². The van der Waals surface area contributed by atoms with E-state index in [9.17, 15) is 18.8 Å². The van der Waals surface area contributed by atoms with Crippen LogP contribution >= 0.6 is 0 Å². The van der Waals surface area contributed by atoms with Crippen LogP contribution in [0.1, 0.15) is 27.3 Å². The van der Waals surface area contributed by atoms with E-state index >= 15 is 0 Å². The molecule has 0 bridgehead atoms. The van der Waals surface area contributed by atoms with E-state index in [1.165, 1.54) is 6.07 Å². The largest absolute Gasteiger partial charge is 0.325 e. The van der Waals surface area contributed by atoms with Crippen molar-refractivity contribution < 1.29 is 18.8 Å². The standard InChI is InChI=1S/C24H22FN3O3/c1-15-12-18(16(2)28(15)21-11-7-6-10-19(21)25)22(29)14-27-23(30)20(26-24(27)31)13-17-8-4-3-5-9-17/h3-12,20H,13-14H2,1-2H3,(H,26,31). The van der Waals surface area contributed by atoms with E-state index in [1.807, 2.05) is 30.3 Å². The molecule has 2 heterocycles. The maximum absolute atomic E-state index is 14.3. The summed E-state index contributed by atoms with van der Waals surface area (Å²) in [5.41, 5.74) is 2.86. The number of para-hydroxylation sites is 1. The van der Waals surface area contributed by atoms with Gasteiger partial charge < -0.3 is 9.88 Å². The molecule has 7 heteroatoms. The lowest BCUT2D eigenvalue weighted by atomic mass is 10.1. The molecule has 6 nitrogen and oxygen atoms in total. The number of rotatable bonds is 6. The van der Waals surface area contributed by atoms with Gasteiger partial charge in [-0.15, -0.1) is 0 Å². The summed E-state index contributed by atoms with van der Waals surface area (Å²) < 4.78 is 15.9. The SMILES string of the molecule is Cc1cc(C(=O)CN2C(=O)NC(Cc3ccccc3)C2=O)c(C)n1-c1ccccc1F. The van der Waals surface area contributed by atoms with Gasteiger partial charge in [0.1, 0.15) is 11.9 Å². The molecule has 0 saturated carbocycles. The highest BCUT2D eigenvalue weighted by Gasteiger charge is 2.39. The summed E-state index contributed by atoms with van der Waals surface area (Å²) >= 11 is 0. The molecule has 1 aromatic heterocycles. The second-order valence-electron chi connectivity index (χ2n) is 7.61. The zero-order chi connectivity index (χ0) is 22.1. The number of carbonyl (C=O) groups excluding carboxylic acids is 3. The first-order valence-electron chi connectivity index (χ1n) is 9.99. The number of aryl methyl sites for hydroxylation is 1. The van der Waals surface area contributed by atoms with Crippen molar-refractivity contribution in [3.63, 3.8) is 0 Å². The molecule has 1 aliphatic heterocycles. The molecule has 1 unspecified atom stereocenters. The number of halogens is 1. The lowest BCUT2D eigenvalue weighted by Crippen LogP contribution is -2.36. The van der Waals surface area contributed by atoms with Crippen LogP contribution in [0.3, 0.4) is 0 Å². The van der Waals surface area contributed by atoms with E-state index in [2.05, 4.69) is 5.32 Å². The molecule has 1 aliphatic rings. The van der Waals surface area contributed by atoms with Crippen molar-refractivity contribution in [3.05, 3.63) is 89.0 Å². The Labute approximate surface area is 179 Å². The summed E-state index contributed by atoms with van der Waals surface area (Å²) in [5.74, 6) is -1.20. The molecule has 3 amide bonds. The van der Waals surface area contributed by atoms with Gasteiger partial charge in [-0.2, -0.15) is 0 Å². The first-order valence-corrected chi connectivity index (χ1v) is 9.99. The van der Waals surface area contributed by atoms with Gasteiger partial charge in [-0.05, 0) is 37.6 Å². The number of amides is 3. The number of nitrogens with one attached hydrogen (secondary N) is 1. The predicted octanol–water partition coefficient (Wildman–Crippen LogP) is 3.58. The average molecular weight is 419 g/mol. The number of hydrogen-bond acceptors (Lipinski definition) is 3. The quantitative estimate of drug-likeness (QED) is 0.490. The Balaban J connectivity index is 1.54. The number of carbonyl (C=O) groups is 3. The molecule has 158 valence electrons. The van der Waals surface area contributed by atoms with Gasteiger partial charge >= 0.3 is 6.03 Å². The average Bonchev–Trinajstić information content (AvgIpc) is 3.19. The van der Waals surface area contributed by atoms with E-state index in [0.717, 1.165) is 10.5 Å². The Morgan fingerprint density at radius 2 is 1.71 bits per heavy atom. The molecule has 0 radical (unpaired) electrons. The third kappa shape index (κ3) is 3.86. The van der Waals surface area contributed by atoms with Crippen molar-refractivity contribution in [2.75, 3.05) is 6.54 Å². The Morgan fingerprint density at radius 3 is 2.42 bits per heavy atom. The highest BCUT2D eigenvalue weighted by atomic mass is 19.1. The van der Waals surface area contributed by atoms with Crippen LogP contribution in [0, 0.1) is 19.7 Å². The Kier molecular flexibility index (Phi) is 5.42.